The van der Waals surface area contributed by atoms with Gasteiger partial charge in [-0.25, -0.2) is 5.48 Å². The quantitative estimate of drug-likeness (QED) is 0.217. The first-order chi connectivity index (χ1) is 16.1. The van der Waals surface area contributed by atoms with Crippen LogP contribution in [0.2, 0.25) is 0 Å². The van der Waals surface area contributed by atoms with E-state index in [0.717, 1.165) is 5.39 Å². The first kappa shape index (κ1) is 21.8. The highest BCUT2D eigenvalue weighted by atomic mass is 16.5. The van der Waals surface area contributed by atoms with E-state index in [-0.39, 0.29) is 36.6 Å². The molecule has 3 N–H and O–H groups in total. The fraction of sp³-hybridized carbons (Fsp3) is 0.125. The molecule has 2 aromatic carbocycles. The summed E-state index contributed by atoms with van der Waals surface area (Å²) < 4.78 is 12.9. The number of rotatable bonds is 8. The van der Waals surface area contributed by atoms with Crippen LogP contribution in [0.3, 0.4) is 0 Å². The molecular formula is C24H21N3O6. The molecule has 2 heterocycles. The number of benzene rings is 2. The summed E-state index contributed by atoms with van der Waals surface area (Å²) in [6.45, 7) is 0.591. The number of ether oxygens (including phenoxy) is 1. The molecule has 4 aromatic rings. The molecule has 0 fully saturated rings. The summed E-state index contributed by atoms with van der Waals surface area (Å²) in [6.07, 6.45) is 1.66. The van der Waals surface area contributed by atoms with Gasteiger partial charge in [0.15, 0.2) is 5.76 Å². The highest BCUT2D eigenvalue weighted by Gasteiger charge is 2.20. The number of hydrogen-bond acceptors (Lipinski definition) is 6. The van der Waals surface area contributed by atoms with Crippen LogP contribution in [0, 0.1) is 0 Å². The van der Waals surface area contributed by atoms with Crippen molar-refractivity contribution in [3.63, 3.8) is 0 Å². The van der Waals surface area contributed by atoms with Crippen molar-refractivity contribution in [3.05, 3.63) is 100 Å². The van der Waals surface area contributed by atoms with Gasteiger partial charge >= 0.3 is 0 Å². The number of fused-ring (bicyclic) bond motifs is 1. The fourth-order valence-electron chi connectivity index (χ4n) is 3.38. The van der Waals surface area contributed by atoms with Gasteiger partial charge in [-0.15, -0.1) is 0 Å². The Bertz CT molecular complexity index is 1340. The molecule has 33 heavy (non-hydrogen) atoms. The van der Waals surface area contributed by atoms with Crippen molar-refractivity contribution in [3.8, 4) is 5.75 Å². The Labute approximate surface area is 188 Å². The maximum atomic E-state index is 12.9. The number of aromatic nitrogens is 1. The lowest BCUT2D eigenvalue weighted by molar-refractivity contribution is 0.0706. The predicted molar refractivity (Wildman–Crippen MR) is 120 cm³/mol. The molecule has 0 atom stereocenters. The summed E-state index contributed by atoms with van der Waals surface area (Å²) in [5.41, 5.74) is 2.85. The molecule has 0 aliphatic rings. The third kappa shape index (κ3) is 4.94. The van der Waals surface area contributed by atoms with Crippen molar-refractivity contribution in [1.29, 1.82) is 0 Å². The fourth-order valence-corrected chi connectivity index (χ4v) is 3.38. The molecule has 9 nitrogen and oxygen atoms in total. The van der Waals surface area contributed by atoms with E-state index in [2.05, 4.69) is 5.32 Å². The highest BCUT2D eigenvalue weighted by molar-refractivity contribution is 5.99. The number of para-hydroxylation sites is 1. The van der Waals surface area contributed by atoms with Gasteiger partial charge < -0.3 is 19.0 Å². The number of nitrogens with one attached hydrogen (secondary N) is 2. The molecule has 4 rings (SSSR count). The monoisotopic (exact) mass is 447 g/mol. The molecule has 9 heteroatoms. The van der Waals surface area contributed by atoms with Crippen molar-refractivity contribution in [2.45, 2.75) is 6.54 Å². The minimum atomic E-state index is -0.617. The van der Waals surface area contributed by atoms with Gasteiger partial charge in [-0.1, -0.05) is 24.3 Å². The molecule has 168 valence electrons. The molecular weight excluding hydrogens is 426 g/mol. The Morgan fingerprint density at radius 1 is 0.970 bits per heavy atom. The van der Waals surface area contributed by atoms with Gasteiger partial charge in [0, 0.05) is 28.8 Å². The highest BCUT2D eigenvalue weighted by Crippen LogP contribution is 2.26. The first-order valence-electron chi connectivity index (χ1n) is 10.2. The van der Waals surface area contributed by atoms with E-state index in [1.165, 1.54) is 22.8 Å². The van der Waals surface area contributed by atoms with Crippen LogP contribution < -0.4 is 21.1 Å². The zero-order chi connectivity index (χ0) is 23.2. The maximum absolute atomic E-state index is 12.9. The van der Waals surface area contributed by atoms with E-state index < -0.39 is 11.8 Å². The average Bonchev–Trinajstić information content (AvgIpc) is 3.21. The summed E-state index contributed by atoms with van der Waals surface area (Å²) in [5.74, 6) is -0.380. The van der Waals surface area contributed by atoms with Crippen LogP contribution in [-0.4, -0.2) is 34.7 Å². The minimum Gasteiger partial charge on any atom is -0.492 e. The Morgan fingerprint density at radius 2 is 1.73 bits per heavy atom. The van der Waals surface area contributed by atoms with Crippen LogP contribution in [0.4, 0.5) is 0 Å². The van der Waals surface area contributed by atoms with Gasteiger partial charge in [-0.3, -0.25) is 19.6 Å². The molecule has 2 aromatic heterocycles. The summed E-state index contributed by atoms with van der Waals surface area (Å²) in [4.78, 5) is 36.4. The zero-order valence-electron chi connectivity index (χ0n) is 17.5. The van der Waals surface area contributed by atoms with Gasteiger partial charge in [-0.2, -0.15) is 0 Å². The van der Waals surface area contributed by atoms with Crippen LogP contribution in [0.1, 0.15) is 26.5 Å². The van der Waals surface area contributed by atoms with Crippen molar-refractivity contribution >= 4 is 22.8 Å². The molecule has 0 aliphatic carbocycles. The van der Waals surface area contributed by atoms with Gasteiger partial charge in [0.2, 0.25) is 0 Å². The Kier molecular flexibility index (Phi) is 6.51. The molecule has 0 spiro atoms. The molecule has 0 unspecified atom stereocenters. The number of nitrogens with zero attached hydrogens (tertiary/aromatic N) is 1. The number of pyridine rings is 1. The minimum absolute atomic E-state index is 0.145. The second-order valence-corrected chi connectivity index (χ2v) is 7.14. The zero-order valence-corrected chi connectivity index (χ0v) is 17.5. The third-order valence-corrected chi connectivity index (χ3v) is 5.01. The number of hydroxylamine groups is 1. The maximum Gasteiger partial charge on any atom is 0.287 e. The third-order valence-electron chi connectivity index (χ3n) is 5.01. The number of amides is 2. The van der Waals surface area contributed by atoms with Crippen LogP contribution in [-0.2, 0) is 6.54 Å². The van der Waals surface area contributed by atoms with Crippen molar-refractivity contribution in [2.75, 3.05) is 13.2 Å². The van der Waals surface area contributed by atoms with Crippen LogP contribution in [0.15, 0.2) is 82.1 Å². The average molecular weight is 447 g/mol. The lowest BCUT2D eigenvalue weighted by atomic mass is 10.1. The van der Waals surface area contributed by atoms with Crippen molar-refractivity contribution in [1.82, 2.24) is 15.4 Å². The lowest BCUT2D eigenvalue weighted by Crippen LogP contribution is -2.29. The summed E-state index contributed by atoms with van der Waals surface area (Å²) in [6, 6.07) is 18.3. The normalized spacial score (nSPS) is 10.7. The second-order valence-electron chi connectivity index (χ2n) is 7.14. The van der Waals surface area contributed by atoms with E-state index in [1.807, 2.05) is 18.2 Å². The van der Waals surface area contributed by atoms with E-state index in [0.29, 0.717) is 16.9 Å². The molecule has 0 aliphatic heterocycles. The topological polar surface area (TPSA) is 123 Å². The Hall–Kier alpha value is -4.37. The summed E-state index contributed by atoms with van der Waals surface area (Å²) >= 11 is 0. The largest absolute Gasteiger partial charge is 0.492 e. The van der Waals surface area contributed by atoms with Crippen molar-refractivity contribution < 1.29 is 24.0 Å². The molecule has 0 saturated carbocycles. The first-order valence-corrected chi connectivity index (χ1v) is 10.2. The molecule has 0 radical (unpaired) electrons. The Balaban J connectivity index is 1.43. The summed E-state index contributed by atoms with van der Waals surface area (Å²) in [5, 5.41) is 12.2. The number of carbonyl (C=O) groups is 2. The SMILES string of the molecule is O=C(NO)c1ccc(OCCNC(=O)c2oc3ccccc3c2Cn2ccccc2=O)cc1. The number of hydrogen-bond donors (Lipinski definition) is 3. The van der Waals surface area contributed by atoms with Gasteiger partial charge in [0.05, 0.1) is 13.1 Å². The number of carbonyl (C=O) groups excluding carboxylic acids is 2. The smallest absolute Gasteiger partial charge is 0.287 e. The molecule has 0 saturated heterocycles. The lowest BCUT2D eigenvalue weighted by Gasteiger charge is -2.09. The van der Waals surface area contributed by atoms with Crippen molar-refractivity contribution in [2.24, 2.45) is 0 Å². The second kappa shape index (κ2) is 9.84. The van der Waals surface area contributed by atoms with Gasteiger partial charge in [-0.05, 0) is 36.4 Å². The van der Waals surface area contributed by atoms with Crippen LogP contribution >= 0.6 is 0 Å². The van der Waals surface area contributed by atoms with E-state index in [4.69, 9.17) is 14.4 Å². The predicted octanol–water partition coefficient (Wildman–Crippen LogP) is 2.57. The molecule has 2 amide bonds. The molecule has 0 bridgehead atoms. The van der Waals surface area contributed by atoms with E-state index >= 15 is 0 Å². The summed E-state index contributed by atoms with van der Waals surface area (Å²) in [7, 11) is 0. The standard InChI is InChI=1S/C24H21N3O6/c28-21-7-3-4-13-27(21)15-19-18-5-1-2-6-20(18)33-22(19)24(30)25-12-14-32-17-10-8-16(9-11-17)23(29)26-31/h1-11,13,31H,12,14-15H2,(H,25,30)(H,26,29). The Morgan fingerprint density at radius 3 is 2.48 bits per heavy atom. The van der Waals surface area contributed by atoms with Crippen LogP contribution in [0.5, 0.6) is 5.75 Å². The van der Waals surface area contributed by atoms with Crippen LogP contribution in [0.25, 0.3) is 11.0 Å². The van der Waals surface area contributed by atoms with Gasteiger partial charge in [0.25, 0.3) is 17.4 Å². The van der Waals surface area contributed by atoms with E-state index in [9.17, 15) is 14.4 Å². The van der Waals surface area contributed by atoms with Gasteiger partial charge in [0.1, 0.15) is 17.9 Å². The number of furan rings is 1. The van der Waals surface area contributed by atoms with E-state index in [1.54, 1.807) is 42.0 Å².